The first-order chi connectivity index (χ1) is 11.1. The second kappa shape index (κ2) is 6.62. The Morgan fingerprint density at radius 2 is 1.91 bits per heavy atom. The van der Waals surface area contributed by atoms with Crippen molar-refractivity contribution in [1.29, 1.82) is 0 Å². The van der Waals surface area contributed by atoms with E-state index in [1.807, 2.05) is 43.3 Å². The van der Waals surface area contributed by atoms with Crippen LogP contribution in [0.3, 0.4) is 0 Å². The van der Waals surface area contributed by atoms with Gasteiger partial charge >= 0.3 is 0 Å². The van der Waals surface area contributed by atoms with Gasteiger partial charge in [0.25, 0.3) is 10.9 Å². The quantitative estimate of drug-likeness (QED) is 0.390. The lowest BCUT2D eigenvalue weighted by molar-refractivity contribution is -0.384. The van der Waals surface area contributed by atoms with Crippen molar-refractivity contribution in [3.05, 3.63) is 70.3 Å². The molecule has 3 rings (SSSR count). The van der Waals surface area contributed by atoms with Crippen molar-refractivity contribution >= 4 is 17.4 Å². The first-order valence-electron chi connectivity index (χ1n) is 6.93. The molecule has 0 aliphatic rings. The fraction of sp³-hybridized carbons (Fsp3) is 0.125. The Bertz CT molecular complexity index is 820. The zero-order chi connectivity index (χ0) is 16.2. The Morgan fingerprint density at radius 3 is 2.65 bits per heavy atom. The Hall–Kier alpha value is -2.67. The van der Waals surface area contributed by atoms with Crippen LogP contribution >= 0.6 is 11.8 Å². The van der Waals surface area contributed by atoms with E-state index in [0.29, 0.717) is 11.1 Å². The van der Waals surface area contributed by atoms with E-state index in [-0.39, 0.29) is 10.9 Å². The van der Waals surface area contributed by atoms with E-state index >= 15 is 0 Å². The standard InChI is InChI=1S/C16H13N3O3S/c1-11(13-8-5-9-14(10-13)19(20)21)23-16-18-17-15(22-16)12-6-3-2-4-7-12/h2-11H,1H3/t11-/m0/s1. The lowest BCUT2D eigenvalue weighted by Gasteiger charge is -2.08. The molecule has 3 aromatic rings. The van der Waals surface area contributed by atoms with Crippen molar-refractivity contribution in [2.45, 2.75) is 17.4 Å². The largest absolute Gasteiger partial charge is 0.411 e. The molecule has 0 radical (unpaired) electrons. The van der Waals surface area contributed by atoms with Gasteiger partial charge in [-0.1, -0.05) is 42.1 Å². The number of aromatic nitrogens is 2. The van der Waals surface area contributed by atoms with Gasteiger partial charge in [-0.2, -0.15) is 0 Å². The molecular formula is C16H13N3O3S. The minimum Gasteiger partial charge on any atom is -0.411 e. The van der Waals surface area contributed by atoms with Crippen molar-refractivity contribution in [1.82, 2.24) is 10.2 Å². The number of thioether (sulfide) groups is 1. The lowest BCUT2D eigenvalue weighted by atomic mass is 10.1. The molecule has 6 nitrogen and oxygen atoms in total. The smallest absolute Gasteiger partial charge is 0.277 e. The second-order valence-corrected chi connectivity index (χ2v) is 6.14. The fourth-order valence-electron chi connectivity index (χ4n) is 2.07. The van der Waals surface area contributed by atoms with E-state index in [9.17, 15) is 10.1 Å². The minimum atomic E-state index is -0.402. The summed E-state index contributed by atoms with van der Waals surface area (Å²) >= 11 is 1.37. The van der Waals surface area contributed by atoms with E-state index in [0.717, 1.165) is 11.1 Å². The number of hydrogen-bond donors (Lipinski definition) is 0. The Labute approximate surface area is 136 Å². The zero-order valence-electron chi connectivity index (χ0n) is 12.2. The normalized spacial score (nSPS) is 12.0. The SMILES string of the molecule is C[C@H](Sc1nnc(-c2ccccc2)o1)c1cccc([N+](=O)[O-])c1. The average Bonchev–Trinajstić information content (AvgIpc) is 3.04. The summed E-state index contributed by atoms with van der Waals surface area (Å²) in [5.74, 6) is 0.458. The number of non-ortho nitro benzene ring substituents is 1. The molecule has 1 heterocycles. The maximum Gasteiger partial charge on any atom is 0.277 e. The van der Waals surface area contributed by atoms with Gasteiger partial charge in [0.1, 0.15) is 0 Å². The summed E-state index contributed by atoms with van der Waals surface area (Å²) < 4.78 is 5.65. The van der Waals surface area contributed by atoms with Crippen molar-refractivity contribution < 1.29 is 9.34 Å². The Morgan fingerprint density at radius 1 is 1.13 bits per heavy atom. The third-order valence-electron chi connectivity index (χ3n) is 3.26. The van der Waals surface area contributed by atoms with Gasteiger partial charge in [-0.3, -0.25) is 10.1 Å². The molecular weight excluding hydrogens is 314 g/mol. The minimum absolute atomic E-state index is 0.0426. The summed E-state index contributed by atoms with van der Waals surface area (Å²) in [6, 6.07) is 16.1. The molecule has 0 unspecified atom stereocenters. The number of benzene rings is 2. The molecule has 0 aliphatic heterocycles. The van der Waals surface area contributed by atoms with Crippen molar-refractivity contribution in [3.63, 3.8) is 0 Å². The van der Waals surface area contributed by atoms with E-state index in [2.05, 4.69) is 10.2 Å². The molecule has 23 heavy (non-hydrogen) atoms. The van der Waals surface area contributed by atoms with Gasteiger partial charge in [0.15, 0.2) is 0 Å². The van der Waals surface area contributed by atoms with Crippen LogP contribution in [0.4, 0.5) is 5.69 Å². The maximum atomic E-state index is 10.9. The maximum absolute atomic E-state index is 10.9. The first-order valence-corrected chi connectivity index (χ1v) is 7.81. The monoisotopic (exact) mass is 327 g/mol. The highest BCUT2D eigenvalue weighted by atomic mass is 32.2. The summed E-state index contributed by atoms with van der Waals surface area (Å²) in [5, 5.41) is 19.3. The molecule has 0 aliphatic carbocycles. The third kappa shape index (κ3) is 3.57. The Kier molecular flexibility index (Phi) is 4.38. The van der Waals surface area contributed by atoms with E-state index < -0.39 is 4.92 Å². The van der Waals surface area contributed by atoms with Crippen LogP contribution in [0.25, 0.3) is 11.5 Å². The van der Waals surface area contributed by atoms with Gasteiger partial charge in [-0.25, -0.2) is 0 Å². The molecule has 1 atom stereocenters. The highest BCUT2D eigenvalue weighted by molar-refractivity contribution is 7.99. The van der Waals surface area contributed by atoms with Crippen molar-refractivity contribution in [2.75, 3.05) is 0 Å². The first kappa shape index (κ1) is 15.2. The molecule has 1 aromatic heterocycles. The van der Waals surface area contributed by atoms with Gasteiger partial charge in [0, 0.05) is 22.9 Å². The molecule has 0 spiro atoms. The number of hydrogen-bond acceptors (Lipinski definition) is 6. The van der Waals surface area contributed by atoms with Crippen molar-refractivity contribution in [3.8, 4) is 11.5 Å². The van der Waals surface area contributed by atoms with Gasteiger partial charge in [0.05, 0.1) is 4.92 Å². The van der Waals surface area contributed by atoms with Crippen molar-refractivity contribution in [2.24, 2.45) is 0 Å². The summed E-state index contributed by atoms with van der Waals surface area (Å²) in [6.07, 6.45) is 0. The molecule has 2 aromatic carbocycles. The van der Waals surface area contributed by atoms with Gasteiger partial charge < -0.3 is 4.42 Å². The average molecular weight is 327 g/mol. The summed E-state index contributed by atoms with van der Waals surface area (Å²) in [7, 11) is 0. The van der Waals surface area contributed by atoms with Crippen LogP contribution in [0.5, 0.6) is 0 Å². The van der Waals surface area contributed by atoms with Gasteiger partial charge in [-0.15, -0.1) is 10.2 Å². The zero-order valence-corrected chi connectivity index (χ0v) is 13.1. The second-order valence-electron chi connectivity index (χ2n) is 4.85. The number of nitro groups is 1. The summed E-state index contributed by atoms with van der Waals surface area (Å²) in [5.41, 5.74) is 1.77. The molecule has 0 saturated heterocycles. The molecule has 0 N–H and O–H groups in total. The predicted octanol–water partition coefficient (Wildman–Crippen LogP) is 4.50. The number of nitro benzene ring substituents is 1. The van der Waals surface area contributed by atoms with Crippen LogP contribution in [0.15, 0.2) is 64.2 Å². The van der Waals surface area contributed by atoms with Crippen LogP contribution in [0.2, 0.25) is 0 Å². The third-order valence-corrected chi connectivity index (χ3v) is 4.25. The summed E-state index contributed by atoms with van der Waals surface area (Å²) in [4.78, 5) is 10.5. The lowest BCUT2D eigenvalue weighted by Crippen LogP contribution is -1.92. The highest BCUT2D eigenvalue weighted by Gasteiger charge is 2.16. The molecule has 0 saturated carbocycles. The van der Waals surface area contributed by atoms with Crippen LogP contribution in [0.1, 0.15) is 17.7 Å². The molecule has 0 fully saturated rings. The Balaban J connectivity index is 1.76. The summed E-state index contributed by atoms with van der Waals surface area (Å²) in [6.45, 7) is 1.94. The highest BCUT2D eigenvalue weighted by Crippen LogP contribution is 2.36. The molecule has 116 valence electrons. The molecule has 0 bridgehead atoms. The van der Waals surface area contributed by atoms with Crippen LogP contribution in [0, 0.1) is 10.1 Å². The van der Waals surface area contributed by atoms with Gasteiger partial charge in [-0.05, 0) is 24.6 Å². The molecule has 7 heteroatoms. The predicted molar refractivity (Wildman–Crippen MR) is 87.1 cm³/mol. The van der Waals surface area contributed by atoms with Crippen LogP contribution in [-0.4, -0.2) is 15.1 Å². The van der Waals surface area contributed by atoms with E-state index in [1.165, 1.54) is 17.8 Å². The van der Waals surface area contributed by atoms with E-state index in [4.69, 9.17) is 4.42 Å². The number of nitrogens with zero attached hydrogens (tertiary/aromatic N) is 3. The topological polar surface area (TPSA) is 82.1 Å². The van der Waals surface area contributed by atoms with Gasteiger partial charge in [0.2, 0.25) is 5.89 Å². The number of rotatable bonds is 5. The molecule has 0 amide bonds. The fourth-order valence-corrected chi connectivity index (χ4v) is 2.87. The van der Waals surface area contributed by atoms with Crippen LogP contribution in [-0.2, 0) is 0 Å². The van der Waals surface area contributed by atoms with Crippen LogP contribution < -0.4 is 0 Å². The van der Waals surface area contributed by atoms with E-state index in [1.54, 1.807) is 12.1 Å².